The van der Waals surface area contributed by atoms with Gasteiger partial charge in [0.05, 0.1) is 5.41 Å². The predicted molar refractivity (Wildman–Crippen MR) is 79.0 cm³/mol. The van der Waals surface area contributed by atoms with Crippen molar-refractivity contribution in [2.24, 2.45) is 5.41 Å². The first kappa shape index (κ1) is 14.6. The number of nitrogens with one attached hydrogen (secondary N) is 2. The van der Waals surface area contributed by atoms with Gasteiger partial charge in [-0.3, -0.25) is 4.79 Å². The Morgan fingerprint density at radius 1 is 1.26 bits per heavy atom. The summed E-state index contributed by atoms with van der Waals surface area (Å²) in [7, 11) is 0. The van der Waals surface area contributed by atoms with Gasteiger partial charge >= 0.3 is 0 Å². The number of rotatable bonds is 1. The molecule has 2 saturated heterocycles. The van der Waals surface area contributed by atoms with E-state index < -0.39 is 0 Å². The molecule has 1 spiro atoms. The van der Waals surface area contributed by atoms with E-state index in [1.165, 1.54) is 5.56 Å². The third-order valence-electron chi connectivity index (χ3n) is 4.33. The third kappa shape index (κ3) is 2.47. The minimum atomic E-state index is -0.226. The van der Waals surface area contributed by atoms with Gasteiger partial charge in [-0.25, -0.2) is 0 Å². The minimum absolute atomic E-state index is 0. The summed E-state index contributed by atoms with van der Waals surface area (Å²) in [5, 5.41) is 7.12. The first-order valence-corrected chi connectivity index (χ1v) is 6.85. The molecule has 104 valence electrons. The Kier molecular flexibility index (Phi) is 4.39. The summed E-state index contributed by atoms with van der Waals surface area (Å²) in [6.07, 6.45) is 1.83. The topological polar surface area (TPSA) is 41.1 Å². The first-order chi connectivity index (χ1) is 8.72. The van der Waals surface area contributed by atoms with Gasteiger partial charge in [-0.15, -0.1) is 12.4 Å². The second-order valence-electron chi connectivity index (χ2n) is 5.22. The fourth-order valence-electron chi connectivity index (χ4n) is 3.33. The Morgan fingerprint density at radius 2 is 2.00 bits per heavy atom. The second kappa shape index (κ2) is 5.70. The van der Waals surface area contributed by atoms with Crippen LogP contribution in [0.1, 0.15) is 24.3 Å². The van der Waals surface area contributed by atoms with Crippen molar-refractivity contribution in [3.8, 4) is 0 Å². The molecule has 0 aliphatic carbocycles. The molecule has 1 unspecified atom stereocenters. The summed E-state index contributed by atoms with van der Waals surface area (Å²) in [5.74, 6) is 0.472. The Morgan fingerprint density at radius 3 is 2.68 bits per heavy atom. The molecule has 19 heavy (non-hydrogen) atoms. The van der Waals surface area contributed by atoms with Crippen LogP contribution in [0.3, 0.4) is 0 Å². The maximum atomic E-state index is 12.2. The van der Waals surface area contributed by atoms with E-state index >= 15 is 0 Å². The summed E-state index contributed by atoms with van der Waals surface area (Å²) in [4.78, 5) is 12.2. The van der Waals surface area contributed by atoms with Crippen LogP contribution in [-0.2, 0) is 4.79 Å². The Labute approximate surface area is 124 Å². The van der Waals surface area contributed by atoms with Gasteiger partial charge in [-0.05, 0) is 43.6 Å². The lowest BCUT2D eigenvalue weighted by Gasteiger charge is -2.36. The molecule has 0 radical (unpaired) electrons. The molecule has 0 bridgehead atoms. The highest BCUT2D eigenvalue weighted by atomic mass is 35.5. The van der Waals surface area contributed by atoms with Crippen molar-refractivity contribution in [3.05, 3.63) is 34.9 Å². The van der Waals surface area contributed by atoms with E-state index in [4.69, 9.17) is 11.6 Å². The molecule has 2 N–H and O–H groups in total. The van der Waals surface area contributed by atoms with E-state index in [9.17, 15) is 4.79 Å². The molecule has 1 aromatic rings. The van der Waals surface area contributed by atoms with Crippen molar-refractivity contribution in [2.45, 2.75) is 18.8 Å². The number of piperidine rings is 1. The first-order valence-electron chi connectivity index (χ1n) is 6.47. The molecule has 0 saturated carbocycles. The Hall–Kier alpha value is -0.770. The van der Waals surface area contributed by atoms with Crippen molar-refractivity contribution in [2.75, 3.05) is 19.6 Å². The van der Waals surface area contributed by atoms with Crippen LogP contribution in [0.5, 0.6) is 0 Å². The zero-order valence-corrected chi connectivity index (χ0v) is 12.2. The maximum Gasteiger partial charge on any atom is 0.227 e. The molecule has 3 rings (SSSR count). The summed E-state index contributed by atoms with van der Waals surface area (Å²) in [5.41, 5.74) is 0.957. The van der Waals surface area contributed by atoms with Gasteiger partial charge in [0, 0.05) is 17.5 Å². The smallest absolute Gasteiger partial charge is 0.227 e. The van der Waals surface area contributed by atoms with Crippen molar-refractivity contribution < 1.29 is 4.79 Å². The summed E-state index contributed by atoms with van der Waals surface area (Å²) in [6, 6.07) is 7.93. The quantitative estimate of drug-likeness (QED) is 0.836. The SMILES string of the molecule is Cl.O=C1NCC(c2cccc(Cl)c2)C12CCNCC2. The second-order valence-corrected chi connectivity index (χ2v) is 5.66. The summed E-state index contributed by atoms with van der Waals surface area (Å²) in [6.45, 7) is 2.58. The predicted octanol–water partition coefficient (Wildman–Crippen LogP) is 2.34. The molecule has 2 heterocycles. The van der Waals surface area contributed by atoms with Crippen LogP contribution < -0.4 is 10.6 Å². The highest BCUT2D eigenvalue weighted by molar-refractivity contribution is 6.30. The average molecular weight is 301 g/mol. The van der Waals surface area contributed by atoms with Crippen molar-refractivity contribution in [1.29, 1.82) is 0 Å². The minimum Gasteiger partial charge on any atom is -0.355 e. The number of halogens is 2. The van der Waals surface area contributed by atoms with Crippen LogP contribution >= 0.6 is 24.0 Å². The number of hydrogen-bond donors (Lipinski definition) is 2. The molecule has 3 nitrogen and oxygen atoms in total. The van der Waals surface area contributed by atoms with Gasteiger partial charge < -0.3 is 10.6 Å². The van der Waals surface area contributed by atoms with E-state index in [-0.39, 0.29) is 29.6 Å². The zero-order chi connectivity index (χ0) is 12.6. The van der Waals surface area contributed by atoms with Crippen LogP contribution in [0.25, 0.3) is 0 Å². The molecule has 2 fully saturated rings. The number of carbonyl (C=O) groups excluding carboxylic acids is 1. The summed E-state index contributed by atoms with van der Waals surface area (Å²) >= 11 is 6.07. The highest BCUT2D eigenvalue weighted by Crippen LogP contribution is 2.46. The van der Waals surface area contributed by atoms with Crippen LogP contribution in [0.2, 0.25) is 5.02 Å². The number of hydrogen-bond acceptors (Lipinski definition) is 2. The van der Waals surface area contributed by atoms with Gasteiger partial charge in [-0.1, -0.05) is 23.7 Å². The third-order valence-corrected chi connectivity index (χ3v) is 4.57. The van der Waals surface area contributed by atoms with Crippen LogP contribution in [0.4, 0.5) is 0 Å². The Balaban J connectivity index is 0.00000133. The van der Waals surface area contributed by atoms with Gasteiger partial charge in [0.15, 0.2) is 0 Å². The molecule has 0 aromatic heterocycles. The maximum absolute atomic E-state index is 12.2. The molecule has 2 aliphatic heterocycles. The number of carbonyl (C=O) groups is 1. The van der Waals surface area contributed by atoms with E-state index in [0.717, 1.165) is 37.5 Å². The summed E-state index contributed by atoms with van der Waals surface area (Å²) < 4.78 is 0. The number of amides is 1. The van der Waals surface area contributed by atoms with Crippen molar-refractivity contribution in [1.82, 2.24) is 10.6 Å². The lowest BCUT2D eigenvalue weighted by atomic mass is 9.68. The van der Waals surface area contributed by atoms with E-state index in [1.807, 2.05) is 18.2 Å². The van der Waals surface area contributed by atoms with E-state index in [2.05, 4.69) is 16.7 Å². The van der Waals surface area contributed by atoms with Crippen LogP contribution in [0.15, 0.2) is 24.3 Å². The fraction of sp³-hybridized carbons (Fsp3) is 0.500. The van der Waals surface area contributed by atoms with E-state index in [1.54, 1.807) is 0 Å². The lowest BCUT2D eigenvalue weighted by molar-refractivity contribution is -0.129. The van der Waals surface area contributed by atoms with Crippen LogP contribution in [0, 0.1) is 5.41 Å². The monoisotopic (exact) mass is 300 g/mol. The van der Waals surface area contributed by atoms with Gasteiger partial charge in [0.1, 0.15) is 0 Å². The average Bonchev–Trinajstić information content (AvgIpc) is 2.68. The van der Waals surface area contributed by atoms with Gasteiger partial charge in [0.2, 0.25) is 5.91 Å². The van der Waals surface area contributed by atoms with Gasteiger partial charge in [0.25, 0.3) is 0 Å². The zero-order valence-electron chi connectivity index (χ0n) is 10.6. The molecule has 1 atom stereocenters. The number of benzene rings is 1. The Bertz CT molecular complexity index is 472. The molecule has 5 heteroatoms. The molecular formula is C14H18Cl2N2O. The molecular weight excluding hydrogens is 283 g/mol. The molecule has 2 aliphatic rings. The highest BCUT2D eigenvalue weighted by Gasteiger charge is 2.50. The van der Waals surface area contributed by atoms with E-state index in [0.29, 0.717) is 0 Å². The van der Waals surface area contributed by atoms with Crippen LogP contribution in [-0.4, -0.2) is 25.5 Å². The lowest BCUT2D eigenvalue weighted by Crippen LogP contribution is -2.44. The van der Waals surface area contributed by atoms with Crippen molar-refractivity contribution >= 4 is 29.9 Å². The molecule has 1 amide bonds. The van der Waals surface area contributed by atoms with Gasteiger partial charge in [-0.2, -0.15) is 0 Å². The standard InChI is InChI=1S/C14H17ClN2O.ClH/c15-11-3-1-2-10(8-11)12-9-17-13(18)14(12)4-6-16-7-5-14;/h1-3,8,12,16H,4-7,9H2,(H,17,18);1H. The fourth-order valence-corrected chi connectivity index (χ4v) is 3.53. The normalized spacial score (nSPS) is 24.9. The molecule has 1 aromatic carbocycles. The van der Waals surface area contributed by atoms with Crippen molar-refractivity contribution in [3.63, 3.8) is 0 Å². The largest absolute Gasteiger partial charge is 0.355 e.